The highest BCUT2D eigenvalue weighted by Gasteiger charge is 2.12. The lowest BCUT2D eigenvalue weighted by Crippen LogP contribution is -2.15. The summed E-state index contributed by atoms with van der Waals surface area (Å²) < 4.78 is 0. The number of aromatic amines is 1. The third-order valence-corrected chi connectivity index (χ3v) is 3.85. The largest absolute Gasteiger partial charge is 0.342 e. The molecule has 0 aliphatic heterocycles. The van der Waals surface area contributed by atoms with E-state index in [4.69, 9.17) is 0 Å². The summed E-state index contributed by atoms with van der Waals surface area (Å²) in [5, 5.41) is 1.35. The third-order valence-electron chi connectivity index (χ3n) is 3.29. The maximum Gasteiger partial charge on any atom is 0.194 e. The van der Waals surface area contributed by atoms with Crippen molar-refractivity contribution >= 4 is 27.0 Å². The number of aromatic nitrogens is 2. The van der Waals surface area contributed by atoms with E-state index in [1.807, 2.05) is 19.9 Å². The van der Waals surface area contributed by atoms with E-state index < -0.39 is 0 Å². The highest BCUT2D eigenvalue weighted by atomic mass is 79.9. The number of aryl methyl sites for hydroxylation is 2. The molecule has 18 heavy (non-hydrogen) atoms. The average molecular weight is 309 g/mol. The molecule has 2 aromatic rings. The van der Waals surface area contributed by atoms with Crippen molar-refractivity contribution in [3.05, 3.63) is 38.8 Å². The Bertz CT molecular complexity index is 646. The quantitative estimate of drug-likeness (QED) is 0.885. The Balaban J connectivity index is 2.86. The molecule has 0 spiro atoms. The van der Waals surface area contributed by atoms with Crippen LogP contribution >= 0.6 is 15.9 Å². The summed E-state index contributed by atoms with van der Waals surface area (Å²) in [7, 11) is 0. The molecule has 0 saturated carbocycles. The molecule has 0 saturated heterocycles. The molecular weight excluding hydrogens is 292 g/mol. The van der Waals surface area contributed by atoms with Crippen LogP contribution in [0.15, 0.2) is 10.9 Å². The van der Waals surface area contributed by atoms with Crippen molar-refractivity contribution in [3.63, 3.8) is 0 Å². The molecule has 0 aliphatic carbocycles. The Hall–Kier alpha value is -1.16. The highest BCUT2D eigenvalue weighted by molar-refractivity contribution is 9.08. The van der Waals surface area contributed by atoms with Gasteiger partial charge in [0, 0.05) is 22.3 Å². The fourth-order valence-corrected chi connectivity index (χ4v) is 2.76. The molecule has 4 heteroatoms. The number of rotatable bonds is 3. The minimum absolute atomic E-state index is 0.110. The van der Waals surface area contributed by atoms with Gasteiger partial charge in [0.1, 0.15) is 5.65 Å². The fraction of sp³-hybridized carbons (Fsp3) is 0.429. The second kappa shape index (κ2) is 5.22. The standard InChI is InChI=1S/C14H17BrN2O/c1-4-9-12(7-15)17-14-10(13(9)18)6-8(3)11(5-2)16-14/h6H,4-5,7H2,1-3H3,(H,16,17,18). The molecule has 0 aromatic carbocycles. The Morgan fingerprint density at radius 2 is 2.06 bits per heavy atom. The smallest absolute Gasteiger partial charge is 0.194 e. The number of hydrogen-bond acceptors (Lipinski definition) is 2. The first-order chi connectivity index (χ1) is 8.62. The SMILES string of the molecule is CCc1nc2[nH]c(CBr)c(CC)c(=O)c2cc1C. The molecule has 1 N–H and O–H groups in total. The van der Waals surface area contributed by atoms with E-state index in [1.165, 1.54) is 0 Å². The number of alkyl halides is 1. The van der Waals surface area contributed by atoms with E-state index in [-0.39, 0.29) is 5.43 Å². The van der Waals surface area contributed by atoms with Crippen molar-refractivity contribution in [1.82, 2.24) is 9.97 Å². The molecule has 3 nitrogen and oxygen atoms in total. The number of pyridine rings is 2. The van der Waals surface area contributed by atoms with Crippen LogP contribution in [0.3, 0.4) is 0 Å². The van der Waals surface area contributed by atoms with Gasteiger partial charge in [0.2, 0.25) is 0 Å². The zero-order valence-electron chi connectivity index (χ0n) is 10.9. The van der Waals surface area contributed by atoms with Crippen LogP contribution in [-0.2, 0) is 18.2 Å². The zero-order valence-corrected chi connectivity index (χ0v) is 12.5. The van der Waals surface area contributed by atoms with Gasteiger partial charge in [-0.15, -0.1) is 0 Å². The molecule has 0 fully saturated rings. The lowest BCUT2D eigenvalue weighted by molar-refractivity contribution is 0.994. The molecule has 96 valence electrons. The first-order valence-corrected chi connectivity index (χ1v) is 7.34. The van der Waals surface area contributed by atoms with Gasteiger partial charge in [0.25, 0.3) is 0 Å². The monoisotopic (exact) mass is 308 g/mol. The second-order valence-electron chi connectivity index (χ2n) is 4.40. The molecule has 0 radical (unpaired) electrons. The van der Waals surface area contributed by atoms with Crippen LogP contribution in [0, 0.1) is 6.92 Å². The van der Waals surface area contributed by atoms with E-state index in [9.17, 15) is 4.79 Å². The third kappa shape index (κ3) is 2.09. The predicted molar refractivity (Wildman–Crippen MR) is 78.5 cm³/mol. The Labute approximate surface area is 115 Å². The topological polar surface area (TPSA) is 45.8 Å². The van der Waals surface area contributed by atoms with Crippen LogP contribution in [0.25, 0.3) is 11.0 Å². The molecular formula is C14H17BrN2O. The van der Waals surface area contributed by atoms with Crippen molar-refractivity contribution in [1.29, 1.82) is 0 Å². The number of nitrogens with zero attached hydrogens (tertiary/aromatic N) is 1. The van der Waals surface area contributed by atoms with Crippen LogP contribution in [-0.4, -0.2) is 9.97 Å². The molecule has 0 unspecified atom stereocenters. The summed E-state index contributed by atoms with van der Waals surface area (Å²) >= 11 is 3.42. The number of halogens is 1. The summed E-state index contributed by atoms with van der Waals surface area (Å²) in [6, 6.07) is 1.96. The summed E-state index contributed by atoms with van der Waals surface area (Å²) in [6.07, 6.45) is 1.61. The van der Waals surface area contributed by atoms with Crippen LogP contribution in [0.1, 0.15) is 36.4 Å². The number of H-pyrrole nitrogens is 1. The summed E-state index contributed by atoms with van der Waals surface area (Å²) in [5.74, 6) is 0. The van der Waals surface area contributed by atoms with Gasteiger partial charge in [0.15, 0.2) is 5.43 Å². The van der Waals surface area contributed by atoms with Crippen molar-refractivity contribution in [3.8, 4) is 0 Å². The molecule has 0 atom stereocenters. The molecule has 0 aliphatic rings. The van der Waals surface area contributed by atoms with Gasteiger partial charge in [-0.1, -0.05) is 29.8 Å². The molecule has 0 bridgehead atoms. The van der Waals surface area contributed by atoms with E-state index in [0.29, 0.717) is 16.4 Å². The number of hydrogen-bond donors (Lipinski definition) is 1. The highest BCUT2D eigenvalue weighted by Crippen LogP contribution is 2.16. The predicted octanol–water partition coefficient (Wildman–Crippen LogP) is 3.25. The van der Waals surface area contributed by atoms with Crippen molar-refractivity contribution in [2.24, 2.45) is 0 Å². The van der Waals surface area contributed by atoms with E-state index >= 15 is 0 Å². The van der Waals surface area contributed by atoms with Crippen LogP contribution in [0.4, 0.5) is 0 Å². The lowest BCUT2D eigenvalue weighted by Gasteiger charge is -2.09. The number of nitrogens with one attached hydrogen (secondary N) is 1. The Morgan fingerprint density at radius 1 is 1.33 bits per heavy atom. The first kappa shape index (κ1) is 13.3. The lowest BCUT2D eigenvalue weighted by atomic mass is 10.1. The molecule has 2 aromatic heterocycles. The van der Waals surface area contributed by atoms with Gasteiger partial charge in [-0.25, -0.2) is 4.98 Å². The molecule has 2 rings (SSSR count). The maximum atomic E-state index is 12.4. The summed E-state index contributed by atoms with van der Waals surface area (Å²) in [4.78, 5) is 20.3. The van der Waals surface area contributed by atoms with E-state index in [0.717, 1.165) is 35.4 Å². The fourth-order valence-electron chi connectivity index (χ4n) is 2.28. The van der Waals surface area contributed by atoms with Crippen molar-refractivity contribution in [2.75, 3.05) is 0 Å². The maximum absolute atomic E-state index is 12.4. The summed E-state index contributed by atoms with van der Waals surface area (Å²) in [5.41, 5.74) is 4.73. The average Bonchev–Trinajstić information content (AvgIpc) is 2.38. The zero-order chi connectivity index (χ0) is 13.3. The first-order valence-electron chi connectivity index (χ1n) is 6.22. The minimum atomic E-state index is 0.110. The van der Waals surface area contributed by atoms with Crippen LogP contribution < -0.4 is 5.43 Å². The summed E-state index contributed by atoms with van der Waals surface area (Å²) in [6.45, 7) is 6.09. The van der Waals surface area contributed by atoms with Gasteiger partial charge in [-0.05, 0) is 31.4 Å². The number of fused-ring (bicyclic) bond motifs is 1. The Kier molecular flexibility index (Phi) is 3.85. The second-order valence-corrected chi connectivity index (χ2v) is 4.96. The van der Waals surface area contributed by atoms with E-state index in [2.05, 4.69) is 32.8 Å². The Morgan fingerprint density at radius 3 is 2.61 bits per heavy atom. The van der Waals surface area contributed by atoms with Crippen LogP contribution in [0.2, 0.25) is 0 Å². The van der Waals surface area contributed by atoms with Gasteiger partial charge in [0.05, 0.1) is 5.39 Å². The molecule has 2 heterocycles. The van der Waals surface area contributed by atoms with Gasteiger partial charge in [-0.2, -0.15) is 0 Å². The van der Waals surface area contributed by atoms with Crippen LogP contribution in [0.5, 0.6) is 0 Å². The van der Waals surface area contributed by atoms with Gasteiger partial charge < -0.3 is 4.98 Å². The van der Waals surface area contributed by atoms with Crippen molar-refractivity contribution in [2.45, 2.75) is 38.9 Å². The van der Waals surface area contributed by atoms with Gasteiger partial charge in [-0.3, -0.25) is 4.79 Å². The molecule has 0 amide bonds. The van der Waals surface area contributed by atoms with E-state index in [1.54, 1.807) is 0 Å². The normalized spacial score (nSPS) is 11.1. The minimum Gasteiger partial charge on any atom is -0.342 e. The van der Waals surface area contributed by atoms with Gasteiger partial charge >= 0.3 is 0 Å². The van der Waals surface area contributed by atoms with Crippen molar-refractivity contribution < 1.29 is 0 Å².